The standard InChI is InChI=1S/C19H19BrFNO3/c1-13(19(24)25-2)11-22(12-14-6-4-3-5-7-14)18(23)16-10-15(21)8-9-17(16)20/h3-10,13H,11-12H2,1-2H3. The van der Waals surface area contributed by atoms with Crippen molar-refractivity contribution >= 4 is 27.8 Å². The number of halogens is 2. The van der Waals surface area contributed by atoms with Crippen LogP contribution in [0.2, 0.25) is 0 Å². The van der Waals surface area contributed by atoms with E-state index < -0.39 is 17.7 Å². The summed E-state index contributed by atoms with van der Waals surface area (Å²) in [6.07, 6.45) is 0. The van der Waals surface area contributed by atoms with E-state index in [2.05, 4.69) is 15.9 Å². The molecule has 2 aromatic carbocycles. The van der Waals surface area contributed by atoms with Gasteiger partial charge in [-0.15, -0.1) is 0 Å². The number of hydrogen-bond acceptors (Lipinski definition) is 3. The van der Waals surface area contributed by atoms with Crippen molar-refractivity contribution in [3.63, 3.8) is 0 Å². The van der Waals surface area contributed by atoms with Gasteiger partial charge in [0.05, 0.1) is 18.6 Å². The third-order valence-electron chi connectivity index (χ3n) is 3.76. The largest absolute Gasteiger partial charge is 0.469 e. The fourth-order valence-electron chi connectivity index (χ4n) is 2.46. The molecule has 0 saturated carbocycles. The number of benzene rings is 2. The Kier molecular flexibility index (Phi) is 6.70. The van der Waals surface area contributed by atoms with Gasteiger partial charge in [0.2, 0.25) is 0 Å². The predicted octanol–water partition coefficient (Wildman–Crippen LogP) is 4.04. The maximum absolute atomic E-state index is 13.6. The van der Waals surface area contributed by atoms with Crippen LogP contribution in [0.15, 0.2) is 53.0 Å². The van der Waals surface area contributed by atoms with Crippen LogP contribution in [0, 0.1) is 11.7 Å². The highest BCUT2D eigenvalue weighted by molar-refractivity contribution is 9.10. The molecule has 0 N–H and O–H groups in total. The van der Waals surface area contributed by atoms with Gasteiger partial charge in [-0.1, -0.05) is 37.3 Å². The lowest BCUT2D eigenvalue weighted by Crippen LogP contribution is -2.37. The summed E-state index contributed by atoms with van der Waals surface area (Å²) in [5, 5.41) is 0. The summed E-state index contributed by atoms with van der Waals surface area (Å²) in [5.41, 5.74) is 1.13. The Morgan fingerprint density at radius 1 is 1.20 bits per heavy atom. The first-order chi connectivity index (χ1) is 11.9. The Hall–Kier alpha value is -2.21. The summed E-state index contributed by atoms with van der Waals surface area (Å²) in [7, 11) is 1.31. The van der Waals surface area contributed by atoms with Gasteiger partial charge in [-0.05, 0) is 39.7 Å². The lowest BCUT2D eigenvalue weighted by atomic mass is 10.1. The van der Waals surface area contributed by atoms with Crippen molar-refractivity contribution in [3.05, 3.63) is 69.9 Å². The lowest BCUT2D eigenvalue weighted by molar-refractivity contribution is -0.145. The number of carbonyl (C=O) groups is 2. The van der Waals surface area contributed by atoms with E-state index in [1.165, 1.54) is 30.2 Å². The maximum Gasteiger partial charge on any atom is 0.310 e. The van der Waals surface area contributed by atoms with Gasteiger partial charge in [0.25, 0.3) is 5.91 Å². The fourth-order valence-corrected chi connectivity index (χ4v) is 2.88. The van der Waals surface area contributed by atoms with Crippen LogP contribution in [0.4, 0.5) is 4.39 Å². The van der Waals surface area contributed by atoms with E-state index in [4.69, 9.17) is 4.74 Å². The molecule has 1 atom stereocenters. The number of hydrogen-bond donors (Lipinski definition) is 0. The molecular formula is C19H19BrFNO3. The second kappa shape index (κ2) is 8.76. The van der Waals surface area contributed by atoms with Gasteiger partial charge < -0.3 is 9.64 Å². The summed E-state index contributed by atoms with van der Waals surface area (Å²) in [6, 6.07) is 13.4. The molecule has 0 aromatic heterocycles. The maximum atomic E-state index is 13.6. The van der Waals surface area contributed by atoms with Crippen molar-refractivity contribution in [2.45, 2.75) is 13.5 Å². The zero-order valence-corrected chi connectivity index (χ0v) is 15.6. The van der Waals surface area contributed by atoms with Crippen LogP contribution < -0.4 is 0 Å². The summed E-state index contributed by atoms with van der Waals surface area (Å²) >= 11 is 3.29. The van der Waals surface area contributed by atoms with Gasteiger partial charge in [0.15, 0.2) is 0 Å². The fraction of sp³-hybridized carbons (Fsp3) is 0.263. The molecule has 0 aliphatic heterocycles. The SMILES string of the molecule is COC(=O)C(C)CN(Cc1ccccc1)C(=O)c1cc(F)ccc1Br. The molecule has 4 nitrogen and oxygen atoms in total. The minimum Gasteiger partial charge on any atom is -0.469 e. The van der Waals surface area contributed by atoms with Crippen molar-refractivity contribution in [2.24, 2.45) is 5.92 Å². The number of esters is 1. The van der Waals surface area contributed by atoms with E-state index in [9.17, 15) is 14.0 Å². The smallest absolute Gasteiger partial charge is 0.310 e. The van der Waals surface area contributed by atoms with E-state index in [0.717, 1.165) is 5.56 Å². The first kappa shape index (κ1) is 19.1. The molecule has 2 aromatic rings. The number of amides is 1. The van der Waals surface area contributed by atoms with Crippen molar-refractivity contribution in [1.29, 1.82) is 0 Å². The second-order valence-corrected chi connectivity index (χ2v) is 6.57. The van der Waals surface area contributed by atoms with Crippen LogP contribution in [-0.4, -0.2) is 30.4 Å². The van der Waals surface area contributed by atoms with Gasteiger partial charge in [-0.3, -0.25) is 9.59 Å². The minimum absolute atomic E-state index is 0.170. The molecule has 0 aliphatic rings. The Morgan fingerprint density at radius 3 is 2.52 bits per heavy atom. The van der Waals surface area contributed by atoms with E-state index >= 15 is 0 Å². The molecule has 6 heteroatoms. The highest BCUT2D eigenvalue weighted by Gasteiger charge is 2.24. The molecule has 0 saturated heterocycles. The van der Waals surface area contributed by atoms with Crippen molar-refractivity contribution in [2.75, 3.05) is 13.7 Å². The van der Waals surface area contributed by atoms with Crippen LogP contribution in [0.1, 0.15) is 22.8 Å². The van der Waals surface area contributed by atoms with E-state index in [0.29, 0.717) is 11.0 Å². The molecule has 0 aliphatic carbocycles. The number of carbonyl (C=O) groups excluding carboxylic acids is 2. The van der Waals surface area contributed by atoms with Gasteiger partial charge in [0, 0.05) is 17.6 Å². The first-order valence-electron chi connectivity index (χ1n) is 7.78. The highest BCUT2D eigenvalue weighted by atomic mass is 79.9. The van der Waals surface area contributed by atoms with Gasteiger partial charge in [0.1, 0.15) is 5.82 Å². The molecule has 0 spiro atoms. The first-order valence-corrected chi connectivity index (χ1v) is 8.57. The molecule has 1 unspecified atom stereocenters. The lowest BCUT2D eigenvalue weighted by Gasteiger charge is -2.26. The van der Waals surface area contributed by atoms with Crippen LogP contribution in [0.5, 0.6) is 0 Å². The normalized spacial score (nSPS) is 11.7. The average molecular weight is 408 g/mol. The van der Waals surface area contributed by atoms with Gasteiger partial charge in [-0.25, -0.2) is 4.39 Å². The molecule has 0 heterocycles. The number of rotatable bonds is 6. The summed E-state index contributed by atoms with van der Waals surface area (Å²) < 4.78 is 18.8. The second-order valence-electron chi connectivity index (χ2n) is 5.72. The Bertz CT molecular complexity index is 752. The average Bonchev–Trinajstić information content (AvgIpc) is 2.62. The molecule has 1 amide bonds. The number of methoxy groups -OCH3 is 1. The quantitative estimate of drug-likeness (QED) is 0.678. The zero-order valence-electron chi connectivity index (χ0n) is 14.0. The predicted molar refractivity (Wildman–Crippen MR) is 96.5 cm³/mol. The van der Waals surface area contributed by atoms with Gasteiger partial charge >= 0.3 is 5.97 Å². The molecular weight excluding hydrogens is 389 g/mol. The van der Waals surface area contributed by atoms with E-state index in [1.54, 1.807) is 6.92 Å². The third-order valence-corrected chi connectivity index (χ3v) is 4.45. The Labute approximate surface area is 154 Å². The summed E-state index contributed by atoms with van der Waals surface area (Å²) in [6.45, 7) is 2.17. The summed E-state index contributed by atoms with van der Waals surface area (Å²) in [5.74, 6) is -1.74. The molecule has 0 fully saturated rings. The zero-order chi connectivity index (χ0) is 18.4. The Morgan fingerprint density at radius 2 is 1.88 bits per heavy atom. The van der Waals surface area contributed by atoms with Crippen LogP contribution in [0.3, 0.4) is 0 Å². The van der Waals surface area contributed by atoms with E-state index in [-0.39, 0.29) is 18.0 Å². The topological polar surface area (TPSA) is 46.6 Å². The summed E-state index contributed by atoms with van der Waals surface area (Å²) in [4.78, 5) is 26.2. The van der Waals surface area contributed by atoms with Crippen LogP contribution in [-0.2, 0) is 16.1 Å². The van der Waals surface area contributed by atoms with Crippen LogP contribution in [0.25, 0.3) is 0 Å². The van der Waals surface area contributed by atoms with Gasteiger partial charge in [-0.2, -0.15) is 0 Å². The number of nitrogens with zero attached hydrogens (tertiary/aromatic N) is 1. The minimum atomic E-state index is -0.495. The monoisotopic (exact) mass is 407 g/mol. The molecule has 0 bridgehead atoms. The Balaban J connectivity index is 2.30. The molecule has 132 valence electrons. The van der Waals surface area contributed by atoms with Crippen molar-refractivity contribution < 1.29 is 18.7 Å². The van der Waals surface area contributed by atoms with Crippen molar-refractivity contribution in [1.82, 2.24) is 4.90 Å². The van der Waals surface area contributed by atoms with Crippen molar-refractivity contribution in [3.8, 4) is 0 Å². The highest BCUT2D eigenvalue weighted by Crippen LogP contribution is 2.21. The number of ether oxygens (including phenoxy) is 1. The molecule has 25 heavy (non-hydrogen) atoms. The molecule has 0 radical (unpaired) electrons. The van der Waals surface area contributed by atoms with E-state index in [1.807, 2.05) is 30.3 Å². The molecule has 2 rings (SSSR count). The van der Waals surface area contributed by atoms with Crippen LogP contribution >= 0.6 is 15.9 Å². The third kappa shape index (κ3) is 5.13.